The molecule has 1 fully saturated rings. The predicted molar refractivity (Wildman–Crippen MR) is 90.4 cm³/mol. The second kappa shape index (κ2) is 7.48. The Balaban J connectivity index is 1.90. The van der Waals surface area contributed by atoms with Gasteiger partial charge in [-0.15, -0.1) is 0 Å². The zero-order chi connectivity index (χ0) is 18.0. The summed E-state index contributed by atoms with van der Waals surface area (Å²) in [7, 11) is 0. The van der Waals surface area contributed by atoms with E-state index < -0.39 is 24.5 Å². The van der Waals surface area contributed by atoms with Crippen LogP contribution in [0.2, 0.25) is 0 Å². The molecule has 0 bridgehead atoms. The lowest BCUT2D eigenvalue weighted by Gasteiger charge is -2.22. The predicted octanol–water partition coefficient (Wildman–Crippen LogP) is -0.183. The highest BCUT2D eigenvalue weighted by Gasteiger charge is 2.45. The van der Waals surface area contributed by atoms with Crippen molar-refractivity contribution in [3.05, 3.63) is 6.33 Å². The van der Waals surface area contributed by atoms with Crippen LogP contribution in [0.15, 0.2) is 6.33 Å². The van der Waals surface area contributed by atoms with Crippen LogP contribution in [0.5, 0.6) is 0 Å². The monoisotopic (exact) mass is 352 g/mol. The molecular weight excluding hydrogens is 328 g/mol. The molecule has 6 N–H and O–H groups in total. The Bertz CT molecular complexity index is 723. The molecule has 138 valence electrons. The Kier molecular flexibility index (Phi) is 5.33. The Morgan fingerprint density at radius 3 is 2.84 bits per heavy atom. The number of imidazole rings is 1. The highest BCUT2D eigenvalue weighted by molar-refractivity contribution is 5.82. The summed E-state index contributed by atoms with van der Waals surface area (Å²) >= 11 is 0. The van der Waals surface area contributed by atoms with Crippen LogP contribution < -0.4 is 11.5 Å². The van der Waals surface area contributed by atoms with Crippen LogP contribution in [0.25, 0.3) is 11.2 Å². The van der Waals surface area contributed by atoms with Gasteiger partial charge in [0.2, 0.25) is 5.95 Å². The molecule has 1 unspecified atom stereocenters. The number of unbranched alkanes of at least 4 members (excludes halogenated alkanes) is 2. The third kappa shape index (κ3) is 3.38. The molecule has 3 rings (SSSR count). The Morgan fingerprint density at radius 2 is 2.12 bits per heavy atom. The van der Waals surface area contributed by atoms with Crippen molar-refractivity contribution in [2.45, 2.75) is 50.7 Å². The summed E-state index contributed by atoms with van der Waals surface area (Å²) < 4.78 is 13.2. The van der Waals surface area contributed by atoms with Crippen molar-refractivity contribution < 1.29 is 19.7 Å². The minimum Gasteiger partial charge on any atom is -0.394 e. The third-order valence-electron chi connectivity index (χ3n) is 4.29. The molecule has 25 heavy (non-hydrogen) atoms. The van der Waals surface area contributed by atoms with Crippen LogP contribution in [-0.2, 0) is 9.47 Å². The van der Waals surface area contributed by atoms with Gasteiger partial charge in [0.15, 0.2) is 17.7 Å². The number of fused-ring (bicyclic) bond motifs is 1. The number of hydrogen-bond donors (Lipinski definition) is 4. The van der Waals surface area contributed by atoms with Gasteiger partial charge in [0, 0.05) is 6.61 Å². The summed E-state index contributed by atoms with van der Waals surface area (Å²) in [6.07, 6.45) is 1.39. The molecule has 3 heterocycles. The number of aliphatic hydroxyl groups excluding tert-OH is 2. The molecule has 1 saturated heterocycles. The van der Waals surface area contributed by atoms with Crippen molar-refractivity contribution >= 4 is 22.9 Å². The molecule has 1 aliphatic heterocycles. The maximum absolute atomic E-state index is 10.4. The van der Waals surface area contributed by atoms with E-state index in [4.69, 9.17) is 20.9 Å². The quantitative estimate of drug-likeness (QED) is 0.496. The molecule has 0 amide bonds. The largest absolute Gasteiger partial charge is 0.394 e. The molecule has 0 aromatic carbocycles. The van der Waals surface area contributed by atoms with E-state index in [1.54, 1.807) is 4.57 Å². The normalized spacial score (nSPS) is 26.5. The van der Waals surface area contributed by atoms with Crippen molar-refractivity contribution in [3.8, 4) is 0 Å². The van der Waals surface area contributed by atoms with Gasteiger partial charge >= 0.3 is 0 Å². The Morgan fingerprint density at radius 1 is 1.32 bits per heavy atom. The highest BCUT2D eigenvalue weighted by Crippen LogP contribution is 2.34. The fraction of sp³-hybridized carbons (Fsp3) is 0.667. The van der Waals surface area contributed by atoms with Gasteiger partial charge in [-0.2, -0.15) is 9.97 Å². The molecule has 0 aliphatic carbocycles. The van der Waals surface area contributed by atoms with Crippen LogP contribution in [-0.4, -0.2) is 61.3 Å². The standard InChI is InChI=1S/C15H24N6O4/c1-2-3-4-5-24-11-10(23)8(6-22)25-14(11)21-7-18-9-12(16)19-15(17)20-13(9)21/h7-8,10-11,14,22-23H,2-6H2,1H3,(H4,16,17,19,20)/t8-,10-,11-,14?/m1/s1. The van der Waals surface area contributed by atoms with Crippen molar-refractivity contribution in [2.24, 2.45) is 0 Å². The van der Waals surface area contributed by atoms with E-state index in [9.17, 15) is 10.2 Å². The van der Waals surface area contributed by atoms with Gasteiger partial charge in [0.05, 0.1) is 12.9 Å². The summed E-state index contributed by atoms with van der Waals surface area (Å²) in [5.41, 5.74) is 12.3. The van der Waals surface area contributed by atoms with E-state index in [-0.39, 0.29) is 18.4 Å². The molecule has 4 atom stereocenters. The van der Waals surface area contributed by atoms with Crippen LogP contribution in [0.1, 0.15) is 32.4 Å². The van der Waals surface area contributed by atoms with E-state index in [1.807, 2.05) is 0 Å². The van der Waals surface area contributed by atoms with E-state index in [0.29, 0.717) is 17.8 Å². The van der Waals surface area contributed by atoms with E-state index >= 15 is 0 Å². The topological polar surface area (TPSA) is 155 Å². The Labute approximate surface area is 144 Å². The fourth-order valence-corrected chi connectivity index (χ4v) is 2.99. The first kappa shape index (κ1) is 17.8. The average Bonchev–Trinajstić information content (AvgIpc) is 3.13. The first-order valence-electron chi connectivity index (χ1n) is 8.38. The number of aliphatic hydroxyl groups is 2. The lowest BCUT2D eigenvalue weighted by molar-refractivity contribution is -0.0710. The molecule has 10 heteroatoms. The number of hydrogen-bond acceptors (Lipinski definition) is 9. The number of nitrogens with two attached hydrogens (primary N) is 2. The van der Waals surface area contributed by atoms with Crippen LogP contribution >= 0.6 is 0 Å². The molecule has 1 aliphatic rings. The fourth-order valence-electron chi connectivity index (χ4n) is 2.99. The number of ether oxygens (including phenoxy) is 2. The molecular formula is C15H24N6O4. The number of rotatable bonds is 7. The summed E-state index contributed by atoms with van der Waals surface area (Å²) in [4.78, 5) is 12.3. The molecule has 2 aromatic heterocycles. The summed E-state index contributed by atoms with van der Waals surface area (Å²) in [6, 6.07) is 0. The summed E-state index contributed by atoms with van der Waals surface area (Å²) in [5.74, 6) is 0.184. The van der Waals surface area contributed by atoms with Crippen LogP contribution in [0, 0.1) is 0 Å². The second-order valence-electron chi connectivity index (χ2n) is 6.07. The average molecular weight is 352 g/mol. The van der Waals surface area contributed by atoms with Gasteiger partial charge in [0.1, 0.15) is 23.8 Å². The first-order chi connectivity index (χ1) is 12.1. The maximum atomic E-state index is 10.4. The molecule has 2 aromatic rings. The van der Waals surface area contributed by atoms with Gasteiger partial charge in [0.25, 0.3) is 0 Å². The molecule has 10 nitrogen and oxygen atoms in total. The van der Waals surface area contributed by atoms with E-state index in [1.165, 1.54) is 6.33 Å². The van der Waals surface area contributed by atoms with Gasteiger partial charge < -0.3 is 31.2 Å². The number of nitrogen functional groups attached to an aromatic ring is 2. The zero-order valence-corrected chi connectivity index (χ0v) is 14.1. The van der Waals surface area contributed by atoms with Crippen molar-refractivity contribution in [1.82, 2.24) is 19.5 Å². The highest BCUT2D eigenvalue weighted by atomic mass is 16.6. The van der Waals surface area contributed by atoms with Crippen molar-refractivity contribution in [2.75, 3.05) is 24.7 Å². The Hall–Kier alpha value is -2.01. The van der Waals surface area contributed by atoms with Crippen molar-refractivity contribution in [1.29, 1.82) is 0 Å². The summed E-state index contributed by atoms with van der Waals surface area (Å²) in [5, 5.41) is 19.9. The van der Waals surface area contributed by atoms with Crippen LogP contribution in [0.4, 0.5) is 11.8 Å². The lowest BCUT2D eigenvalue weighted by Crippen LogP contribution is -2.35. The first-order valence-corrected chi connectivity index (χ1v) is 8.38. The second-order valence-corrected chi connectivity index (χ2v) is 6.07. The van der Waals surface area contributed by atoms with Gasteiger partial charge in [-0.25, -0.2) is 4.98 Å². The van der Waals surface area contributed by atoms with Gasteiger partial charge in [-0.1, -0.05) is 19.8 Å². The number of anilines is 2. The van der Waals surface area contributed by atoms with Gasteiger partial charge in [-0.3, -0.25) is 4.57 Å². The van der Waals surface area contributed by atoms with E-state index in [2.05, 4.69) is 21.9 Å². The van der Waals surface area contributed by atoms with Crippen LogP contribution in [0.3, 0.4) is 0 Å². The smallest absolute Gasteiger partial charge is 0.224 e. The minimum atomic E-state index is -0.967. The third-order valence-corrected chi connectivity index (χ3v) is 4.29. The minimum absolute atomic E-state index is 0.0180. The van der Waals surface area contributed by atoms with E-state index in [0.717, 1.165) is 19.3 Å². The molecule has 0 saturated carbocycles. The lowest BCUT2D eigenvalue weighted by atomic mass is 10.1. The molecule has 0 spiro atoms. The number of aromatic nitrogens is 4. The zero-order valence-electron chi connectivity index (χ0n) is 14.1. The van der Waals surface area contributed by atoms with Gasteiger partial charge in [-0.05, 0) is 6.42 Å². The van der Waals surface area contributed by atoms with Crippen molar-refractivity contribution in [3.63, 3.8) is 0 Å². The summed E-state index contributed by atoms with van der Waals surface area (Å²) in [6.45, 7) is 2.27. The maximum Gasteiger partial charge on any atom is 0.224 e. The number of nitrogens with zero attached hydrogens (tertiary/aromatic N) is 4. The molecule has 0 radical (unpaired) electrons. The SMILES string of the molecule is CCCCCO[C@H]1C(n2cnc3c(N)nc(N)nc32)O[C@H](CO)[C@H]1O.